The van der Waals surface area contributed by atoms with Crippen molar-refractivity contribution < 1.29 is 9.53 Å². The number of carbonyl (C=O) groups is 1. The summed E-state index contributed by atoms with van der Waals surface area (Å²) in [5.41, 5.74) is 7.65. The van der Waals surface area contributed by atoms with Gasteiger partial charge in [0.25, 0.3) is 0 Å². The Morgan fingerprint density at radius 1 is 1.53 bits per heavy atom. The van der Waals surface area contributed by atoms with Gasteiger partial charge in [-0.3, -0.25) is 4.79 Å². The highest BCUT2D eigenvalue weighted by Crippen LogP contribution is 2.29. The zero-order valence-electron chi connectivity index (χ0n) is 11.7. The van der Waals surface area contributed by atoms with Crippen LogP contribution in [0.5, 0.6) is 0 Å². The molecule has 3 N–H and O–H groups in total. The van der Waals surface area contributed by atoms with E-state index in [0.717, 1.165) is 22.6 Å². The van der Waals surface area contributed by atoms with Crippen molar-refractivity contribution in [3.05, 3.63) is 23.8 Å². The third kappa shape index (κ3) is 5.12. The highest BCUT2D eigenvalue weighted by atomic mass is 32.2. The molecule has 5 heteroatoms. The largest absolute Gasteiger partial charge is 0.398 e. The Morgan fingerprint density at radius 2 is 2.26 bits per heavy atom. The number of carbonyl (C=O) groups excluding carboxylic acids is 1. The lowest BCUT2D eigenvalue weighted by molar-refractivity contribution is -0.120. The fourth-order valence-electron chi connectivity index (χ4n) is 1.57. The van der Waals surface area contributed by atoms with E-state index < -0.39 is 0 Å². The number of amides is 1. The van der Waals surface area contributed by atoms with Gasteiger partial charge in [-0.05, 0) is 38.0 Å². The van der Waals surface area contributed by atoms with Gasteiger partial charge in [0.15, 0.2) is 0 Å². The molecule has 1 atom stereocenters. The van der Waals surface area contributed by atoms with Gasteiger partial charge in [-0.2, -0.15) is 0 Å². The fourth-order valence-corrected chi connectivity index (χ4v) is 2.60. The molecule has 0 fully saturated rings. The molecule has 4 nitrogen and oxygen atoms in total. The number of nitrogens with two attached hydrogens (primary N) is 1. The van der Waals surface area contributed by atoms with Crippen molar-refractivity contribution in [3.63, 3.8) is 0 Å². The summed E-state index contributed by atoms with van der Waals surface area (Å²) in [6, 6.07) is 5.77. The molecule has 0 radical (unpaired) electrons. The second kappa shape index (κ2) is 8.07. The van der Waals surface area contributed by atoms with Gasteiger partial charge in [-0.15, -0.1) is 11.8 Å². The third-order valence-corrected chi connectivity index (χ3v) is 4.09. The van der Waals surface area contributed by atoms with Gasteiger partial charge in [0, 0.05) is 30.8 Å². The van der Waals surface area contributed by atoms with E-state index in [9.17, 15) is 4.79 Å². The third-order valence-electron chi connectivity index (χ3n) is 2.82. The van der Waals surface area contributed by atoms with E-state index in [4.69, 9.17) is 10.5 Å². The SMILES string of the molecule is COCCCNC(=O)C(C)Sc1cccc(N)c1C. The lowest BCUT2D eigenvalue weighted by Crippen LogP contribution is -2.32. The van der Waals surface area contributed by atoms with Crippen LogP contribution in [0.1, 0.15) is 18.9 Å². The monoisotopic (exact) mass is 282 g/mol. The Balaban J connectivity index is 2.47. The first-order chi connectivity index (χ1) is 9.06. The highest BCUT2D eigenvalue weighted by molar-refractivity contribution is 8.00. The molecule has 0 saturated heterocycles. The Labute approximate surface area is 119 Å². The molecule has 1 amide bonds. The van der Waals surface area contributed by atoms with Crippen LogP contribution in [0.25, 0.3) is 0 Å². The molecular formula is C14H22N2O2S. The zero-order valence-corrected chi connectivity index (χ0v) is 12.5. The zero-order chi connectivity index (χ0) is 14.3. The standard InChI is InChI=1S/C14H22N2O2S/c1-10-12(15)6-4-7-13(10)19-11(2)14(17)16-8-5-9-18-3/h4,6-7,11H,5,8-9,15H2,1-3H3,(H,16,17). The summed E-state index contributed by atoms with van der Waals surface area (Å²) in [5, 5.41) is 2.76. The average Bonchev–Trinajstić information content (AvgIpc) is 2.39. The van der Waals surface area contributed by atoms with Crippen molar-refractivity contribution >= 4 is 23.4 Å². The van der Waals surface area contributed by atoms with E-state index >= 15 is 0 Å². The predicted octanol–water partition coefficient (Wildman–Crippen LogP) is 2.21. The number of thioether (sulfide) groups is 1. The molecule has 0 aliphatic carbocycles. The molecular weight excluding hydrogens is 260 g/mol. The summed E-state index contributed by atoms with van der Waals surface area (Å²) in [6.45, 7) is 5.18. The van der Waals surface area contributed by atoms with Gasteiger partial charge in [-0.25, -0.2) is 0 Å². The number of methoxy groups -OCH3 is 1. The lowest BCUT2D eigenvalue weighted by Gasteiger charge is -2.14. The van der Waals surface area contributed by atoms with Crippen LogP contribution in [0.15, 0.2) is 23.1 Å². The minimum atomic E-state index is -0.136. The second-order valence-electron chi connectivity index (χ2n) is 4.37. The smallest absolute Gasteiger partial charge is 0.233 e. The van der Waals surface area contributed by atoms with Crippen LogP contribution in [0.2, 0.25) is 0 Å². The first-order valence-corrected chi connectivity index (χ1v) is 7.22. The molecule has 106 valence electrons. The summed E-state index contributed by atoms with van der Waals surface area (Å²) >= 11 is 1.53. The van der Waals surface area contributed by atoms with Crippen LogP contribution in [0, 0.1) is 6.92 Å². The van der Waals surface area contributed by atoms with Crippen molar-refractivity contribution in [1.82, 2.24) is 5.32 Å². The maximum atomic E-state index is 11.9. The minimum absolute atomic E-state index is 0.0444. The number of benzene rings is 1. The highest BCUT2D eigenvalue weighted by Gasteiger charge is 2.15. The van der Waals surface area contributed by atoms with E-state index in [1.165, 1.54) is 11.8 Å². The first-order valence-electron chi connectivity index (χ1n) is 6.34. The van der Waals surface area contributed by atoms with Gasteiger partial charge >= 0.3 is 0 Å². The maximum Gasteiger partial charge on any atom is 0.233 e. The molecule has 0 bridgehead atoms. The predicted molar refractivity (Wildman–Crippen MR) is 80.4 cm³/mol. The molecule has 1 aromatic rings. The van der Waals surface area contributed by atoms with E-state index in [0.29, 0.717) is 13.2 Å². The molecule has 19 heavy (non-hydrogen) atoms. The Hall–Kier alpha value is -1.20. The summed E-state index contributed by atoms with van der Waals surface area (Å²) < 4.78 is 4.94. The van der Waals surface area contributed by atoms with Crippen LogP contribution in [0.4, 0.5) is 5.69 Å². The van der Waals surface area contributed by atoms with Crippen LogP contribution in [-0.2, 0) is 9.53 Å². The number of anilines is 1. The van der Waals surface area contributed by atoms with Crippen LogP contribution < -0.4 is 11.1 Å². The number of nitrogens with one attached hydrogen (secondary N) is 1. The van der Waals surface area contributed by atoms with Gasteiger partial charge in [-0.1, -0.05) is 6.07 Å². The van der Waals surface area contributed by atoms with Crippen molar-refractivity contribution in [2.75, 3.05) is 26.0 Å². The summed E-state index contributed by atoms with van der Waals surface area (Å²) in [4.78, 5) is 13.0. The molecule has 1 unspecified atom stereocenters. The summed E-state index contributed by atoms with van der Waals surface area (Å²) in [5.74, 6) is 0.0444. The molecule has 0 heterocycles. The van der Waals surface area contributed by atoms with Crippen molar-refractivity contribution in [3.8, 4) is 0 Å². The molecule has 0 aliphatic heterocycles. The average molecular weight is 282 g/mol. The molecule has 0 spiro atoms. The number of rotatable bonds is 7. The van der Waals surface area contributed by atoms with Crippen molar-refractivity contribution in [2.24, 2.45) is 0 Å². The Bertz CT molecular complexity index is 424. The lowest BCUT2D eigenvalue weighted by atomic mass is 10.2. The van der Waals surface area contributed by atoms with E-state index in [1.54, 1.807) is 7.11 Å². The van der Waals surface area contributed by atoms with Gasteiger partial charge in [0.2, 0.25) is 5.91 Å². The van der Waals surface area contributed by atoms with E-state index in [1.807, 2.05) is 32.0 Å². The molecule has 1 rings (SSSR count). The molecule has 0 saturated carbocycles. The van der Waals surface area contributed by atoms with Crippen LogP contribution in [-0.4, -0.2) is 31.4 Å². The number of ether oxygens (including phenoxy) is 1. The number of nitrogen functional groups attached to an aromatic ring is 1. The Morgan fingerprint density at radius 3 is 2.95 bits per heavy atom. The van der Waals surface area contributed by atoms with Crippen LogP contribution >= 0.6 is 11.8 Å². The van der Waals surface area contributed by atoms with Crippen molar-refractivity contribution in [2.45, 2.75) is 30.4 Å². The minimum Gasteiger partial charge on any atom is -0.398 e. The Kier molecular flexibility index (Phi) is 6.73. The van der Waals surface area contributed by atoms with Crippen LogP contribution in [0.3, 0.4) is 0 Å². The quantitative estimate of drug-likeness (QED) is 0.457. The fraction of sp³-hybridized carbons (Fsp3) is 0.500. The van der Waals surface area contributed by atoms with Crippen molar-refractivity contribution in [1.29, 1.82) is 0 Å². The second-order valence-corrected chi connectivity index (χ2v) is 5.75. The van der Waals surface area contributed by atoms with E-state index in [-0.39, 0.29) is 11.2 Å². The normalized spacial score (nSPS) is 12.2. The number of hydrogen-bond donors (Lipinski definition) is 2. The molecule has 0 aliphatic rings. The van der Waals surface area contributed by atoms with Gasteiger partial charge in [0.05, 0.1) is 5.25 Å². The molecule has 1 aromatic carbocycles. The topological polar surface area (TPSA) is 64.3 Å². The number of hydrogen-bond acceptors (Lipinski definition) is 4. The van der Waals surface area contributed by atoms with Gasteiger partial charge < -0.3 is 15.8 Å². The maximum absolute atomic E-state index is 11.9. The van der Waals surface area contributed by atoms with Gasteiger partial charge in [0.1, 0.15) is 0 Å². The summed E-state index contributed by atoms with van der Waals surface area (Å²) in [6.07, 6.45) is 0.830. The summed E-state index contributed by atoms with van der Waals surface area (Å²) in [7, 11) is 1.66. The molecule has 0 aromatic heterocycles. The van der Waals surface area contributed by atoms with E-state index in [2.05, 4.69) is 5.32 Å². The first kappa shape index (κ1) is 15.9.